The molecule has 104 valence electrons. The Labute approximate surface area is 134 Å². The van der Waals surface area contributed by atoms with E-state index < -0.39 is 6.10 Å². The minimum absolute atomic E-state index is 0. The molecule has 20 heavy (non-hydrogen) atoms. The zero-order valence-corrected chi connectivity index (χ0v) is 12.5. The molecule has 0 radical (unpaired) electrons. The SMILES string of the molecule is CC(C)NCC(O)COc1cccc2ccccc12.[H-].[Li+]. The Morgan fingerprint density at radius 3 is 2.60 bits per heavy atom. The largest absolute Gasteiger partial charge is 1.00 e. The Balaban J connectivity index is 0.00000200. The Bertz CT molecular complexity index is 531. The van der Waals surface area contributed by atoms with Gasteiger partial charge in [0.25, 0.3) is 0 Å². The van der Waals surface area contributed by atoms with Gasteiger partial charge >= 0.3 is 18.9 Å². The van der Waals surface area contributed by atoms with Crippen LogP contribution < -0.4 is 28.9 Å². The maximum absolute atomic E-state index is 9.84. The molecule has 2 N–H and O–H groups in total. The first-order valence-corrected chi connectivity index (χ1v) is 6.69. The van der Waals surface area contributed by atoms with Gasteiger partial charge < -0.3 is 16.6 Å². The van der Waals surface area contributed by atoms with E-state index in [9.17, 15) is 5.11 Å². The standard InChI is InChI=1S/C16H21NO2.Li.H/c1-12(2)17-10-14(18)11-19-16-9-5-7-13-6-3-4-8-15(13)16;;/h3-9,12,14,17-18H,10-11H2,1-2H3;;/q;+1;-1. The number of hydrogen-bond donors (Lipinski definition) is 2. The van der Waals surface area contributed by atoms with Crippen LogP contribution in [0.15, 0.2) is 42.5 Å². The van der Waals surface area contributed by atoms with Crippen molar-refractivity contribution in [2.24, 2.45) is 0 Å². The van der Waals surface area contributed by atoms with E-state index >= 15 is 0 Å². The van der Waals surface area contributed by atoms with Crippen molar-refractivity contribution in [3.8, 4) is 5.75 Å². The smallest absolute Gasteiger partial charge is 1.00 e. The maximum atomic E-state index is 9.84. The molecule has 0 aromatic heterocycles. The minimum Gasteiger partial charge on any atom is -1.00 e. The molecule has 2 rings (SSSR count). The van der Waals surface area contributed by atoms with Gasteiger partial charge in [-0.15, -0.1) is 0 Å². The Hall–Kier alpha value is -0.983. The van der Waals surface area contributed by atoms with Gasteiger partial charge in [0.1, 0.15) is 18.5 Å². The van der Waals surface area contributed by atoms with Gasteiger partial charge in [0.15, 0.2) is 0 Å². The molecular weight excluding hydrogens is 245 g/mol. The van der Waals surface area contributed by atoms with E-state index in [-0.39, 0.29) is 20.3 Å². The third-order valence-electron chi connectivity index (χ3n) is 2.94. The van der Waals surface area contributed by atoms with Crippen molar-refractivity contribution in [1.82, 2.24) is 5.32 Å². The summed E-state index contributed by atoms with van der Waals surface area (Å²) in [5.74, 6) is 0.821. The number of aliphatic hydroxyl groups excluding tert-OH is 1. The summed E-state index contributed by atoms with van der Waals surface area (Å²) < 4.78 is 5.72. The van der Waals surface area contributed by atoms with Gasteiger partial charge in [0, 0.05) is 18.0 Å². The van der Waals surface area contributed by atoms with E-state index in [2.05, 4.69) is 31.3 Å². The summed E-state index contributed by atoms with van der Waals surface area (Å²) in [6.07, 6.45) is -0.499. The molecular formula is C16H22LiNO2. The van der Waals surface area contributed by atoms with Gasteiger partial charge in [-0.05, 0) is 11.5 Å². The van der Waals surface area contributed by atoms with Crippen molar-refractivity contribution < 1.29 is 30.1 Å². The Kier molecular flexibility index (Phi) is 7.12. The number of hydrogen-bond acceptors (Lipinski definition) is 3. The number of nitrogens with one attached hydrogen (secondary N) is 1. The quantitative estimate of drug-likeness (QED) is 0.706. The van der Waals surface area contributed by atoms with Crippen LogP contribution in [0.4, 0.5) is 0 Å². The van der Waals surface area contributed by atoms with Crippen molar-refractivity contribution in [2.45, 2.75) is 26.0 Å². The van der Waals surface area contributed by atoms with Crippen LogP contribution in [0.25, 0.3) is 10.8 Å². The first-order chi connectivity index (χ1) is 9.16. The third-order valence-corrected chi connectivity index (χ3v) is 2.94. The molecule has 0 fully saturated rings. The van der Waals surface area contributed by atoms with Gasteiger partial charge in [-0.3, -0.25) is 0 Å². The Morgan fingerprint density at radius 2 is 1.85 bits per heavy atom. The number of aliphatic hydroxyl groups is 1. The van der Waals surface area contributed by atoms with Crippen LogP contribution in [0, 0.1) is 0 Å². The molecule has 0 amide bonds. The van der Waals surface area contributed by atoms with Gasteiger partial charge in [0.05, 0.1) is 0 Å². The van der Waals surface area contributed by atoms with Crippen molar-refractivity contribution in [2.75, 3.05) is 13.2 Å². The molecule has 0 saturated heterocycles. The molecule has 4 heteroatoms. The molecule has 0 aliphatic heterocycles. The van der Waals surface area contributed by atoms with E-state index in [1.54, 1.807) is 0 Å². The average molecular weight is 267 g/mol. The first-order valence-electron chi connectivity index (χ1n) is 6.69. The van der Waals surface area contributed by atoms with E-state index in [0.717, 1.165) is 16.5 Å². The fourth-order valence-corrected chi connectivity index (χ4v) is 1.94. The second-order valence-electron chi connectivity index (χ2n) is 5.01. The van der Waals surface area contributed by atoms with Gasteiger partial charge in [-0.2, -0.15) is 0 Å². The molecule has 1 unspecified atom stereocenters. The topological polar surface area (TPSA) is 41.5 Å². The summed E-state index contributed by atoms with van der Waals surface area (Å²) in [4.78, 5) is 0. The third kappa shape index (κ3) is 4.85. The van der Waals surface area contributed by atoms with Crippen LogP contribution in [-0.4, -0.2) is 30.4 Å². The van der Waals surface area contributed by atoms with Gasteiger partial charge in [0.2, 0.25) is 0 Å². The molecule has 0 spiro atoms. The molecule has 1 atom stereocenters. The van der Waals surface area contributed by atoms with E-state index in [1.807, 2.05) is 30.3 Å². The molecule has 0 heterocycles. The summed E-state index contributed by atoms with van der Waals surface area (Å²) in [6, 6.07) is 14.4. The molecule has 2 aromatic rings. The van der Waals surface area contributed by atoms with E-state index in [1.165, 1.54) is 0 Å². The van der Waals surface area contributed by atoms with Crippen molar-refractivity contribution >= 4 is 10.8 Å². The minimum atomic E-state index is -0.499. The summed E-state index contributed by atoms with van der Waals surface area (Å²) in [5, 5.41) is 15.3. The molecule has 0 aliphatic rings. The monoisotopic (exact) mass is 267 g/mol. The van der Waals surface area contributed by atoms with Crippen LogP contribution in [0.3, 0.4) is 0 Å². The van der Waals surface area contributed by atoms with Crippen molar-refractivity contribution in [1.29, 1.82) is 0 Å². The fourth-order valence-electron chi connectivity index (χ4n) is 1.94. The Morgan fingerprint density at radius 1 is 1.15 bits per heavy atom. The second kappa shape index (κ2) is 8.34. The fraction of sp³-hybridized carbons (Fsp3) is 0.375. The first kappa shape index (κ1) is 17.1. The number of rotatable bonds is 6. The molecule has 0 saturated carbocycles. The van der Waals surface area contributed by atoms with E-state index in [0.29, 0.717) is 19.2 Å². The number of fused-ring (bicyclic) bond motifs is 1. The molecule has 3 nitrogen and oxygen atoms in total. The summed E-state index contributed by atoms with van der Waals surface area (Å²) in [7, 11) is 0. The number of ether oxygens (including phenoxy) is 1. The molecule has 2 aromatic carbocycles. The predicted octanol–water partition coefficient (Wildman–Crippen LogP) is -0.306. The average Bonchev–Trinajstić information content (AvgIpc) is 2.42. The molecule has 0 aliphatic carbocycles. The zero-order chi connectivity index (χ0) is 13.7. The van der Waals surface area contributed by atoms with E-state index in [4.69, 9.17) is 4.74 Å². The van der Waals surface area contributed by atoms with Crippen LogP contribution in [0.1, 0.15) is 15.3 Å². The summed E-state index contributed by atoms with van der Waals surface area (Å²) in [5.41, 5.74) is 0. The second-order valence-corrected chi connectivity index (χ2v) is 5.01. The van der Waals surface area contributed by atoms with Crippen LogP contribution in [0.2, 0.25) is 0 Å². The summed E-state index contributed by atoms with van der Waals surface area (Å²) >= 11 is 0. The zero-order valence-electron chi connectivity index (χ0n) is 13.5. The van der Waals surface area contributed by atoms with Crippen molar-refractivity contribution in [3.63, 3.8) is 0 Å². The maximum Gasteiger partial charge on any atom is 1.00 e. The van der Waals surface area contributed by atoms with Crippen LogP contribution in [-0.2, 0) is 0 Å². The van der Waals surface area contributed by atoms with Crippen LogP contribution in [0.5, 0.6) is 5.75 Å². The summed E-state index contributed by atoms with van der Waals surface area (Å²) in [6.45, 7) is 4.95. The van der Waals surface area contributed by atoms with Crippen molar-refractivity contribution in [3.05, 3.63) is 42.5 Å². The van der Waals surface area contributed by atoms with Crippen LogP contribution >= 0.6 is 0 Å². The molecule has 0 bridgehead atoms. The van der Waals surface area contributed by atoms with Gasteiger partial charge in [-0.25, -0.2) is 0 Å². The van der Waals surface area contributed by atoms with Gasteiger partial charge in [-0.1, -0.05) is 50.2 Å². The normalized spacial score (nSPS) is 12.2. The number of benzene rings is 2. The predicted molar refractivity (Wildman–Crippen MR) is 79.7 cm³/mol.